The zero-order valence-electron chi connectivity index (χ0n) is 8.56. The highest BCUT2D eigenvalue weighted by Crippen LogP contribution is 2.21. The molecule has 2 rings (SSSR count). The van der Waals surface area contributed by atoms with Crippen LogP contribution >= 0.6 is 11.3 Å². The van der Waals surface area contributed by atoms with Crippen LogP contribution in [0.15, 0.2) is 17.5 Å². The minimum absolute atomic E-state index is 0.0216. The monoisotopic (exact) mass is 225 g/mol. The van der Waals surface area contributed by atoms with E-state index in [1.165, 1.54) is 11.3 Å². The van der Waals surface area contributed by atoms with Gasteiger partial charge in [-0.1, -0.05) is 6.07 Å². The summed E-state index contributed by atoms with van der Waals surface area (Å²) in [6.45, 7) is 0.860. The fourth-order valence-electron chi connectivity index (χ4n) is 2.00. The molecule has 1 saturated heterocycles. The Balaban J connectivity index is 2.11. The molecule has 1 aliphatic rings. The Morgan fingerprint density at radius 2 is 2.47 bits per heavy atom. The van der Waals surface area contributed by atoms with Gasteiger partial charge in [-0.15, -0.1) is 11.3 Å². The zero-order chi connectivity index (χ0) is 10.7. The van der Waals surface area contributed by atoms with E-state index in [0.29, 0.717) is 0 Å². The fraction of sp³-hybridized carbons (Fsp3) is 0.545. The van der Waals surface area contributed by atoms with E-state index < -0.39 is 0 Å². The third kappa shape index (κ3) is 2.21. The summed E-state index contributed by atoms with van der Waals surface area (Å²) < 4.78 is 0. The van der Waals surface area contributed by atoms with Crippen LogP contribution in [0.3, 0.4) is 0 Å². The van der Waals surface area contributed by atoms with Gasteiger partial charge >= 0.3 is 0 Å². The van der Waals surface area contributed by atoms with Crippen molar-refractivity contribution in [3.05, 3.63) is 22.4 Å². The van der Waals surface area contributed by atoms with E-state index in [9.17, 15) is 9.90 Å². The molecule has 1 aliphatic heterocycles. The molecular weight excluding hydrogens is 210 g/mol. The topological polar surface area (TPSA) is 40.5 Å². The van der Waals surface area contributed by atoms with Crippen LogP contribution in [0.5, 0.6) is 0 Å². The third-order valence-corrected chi connectivity index (χ3v) is 3.69. The molecule has 0 aliphatic carbocycles. The van der Waals surface area contributed by atoms with Crippen molar-refractivity contribution in [3.63, 3.8) is 0 Å². The zero-order valence-corrected chi connectivity index (χ0v) is 9.37. The van der Waals surface area contributed by atoms with Crippen molar-refractivity contribution in [2.75, 3.05) is 13.2 Å². The van der Waals surface area contributed by atoms with Crippen molar-refractivity contribution in [3.8, 4) is 0 Å². The van der Waals surface area contributed by atoms with Crippen LogP contribution < -0.4 is 0 Å². The molecule has 1 unspecified atom stereocenters. The molecule has 1 fully saturated rings. The van der Waals surface area contributed by atoms with E-state index in [4.69, 9.17) is 0 Å². The first-order valence-electron chi connectivity index (χ1n) is 5.28. The van der Waals surface area contributed by atoms with Gasteiger partial charge in [-0.05, 0) is 30.7 Å². The molecule has 3 nitrogen and oxygen atoms in total. The number of nitrogens with zero attached hydrogens (tertiary/aromatic N) is 1. The van der Waals surface area contributed by atoms with Crippen LogP contribution in [-0.4, -0.2) is 35.1 Å². The summed E-state index contributed by atoms with van der Waals surface area (Å²) in [7, 11) is 0. The Labute approximate surface area is 93.3 Å². The number of carbonyl (C=O) groups excluding carboxylic acids is 1. The summed E-state index contributed by atoms with van der Waals surface area (Å²) in [4.78, 5) is 14.6. The number of thiophene rings is 1. The summed E-state index contributed by atoms with van der Waals surface area (Å²) in [5.74, 6) is 0.0729. The largest absolute Gasteiger partial charge is 0.394 e. The van der Waals surface area contributed by atoms with Gasteiger partial charge in [0.05, 0.1) is 17.5 Å². The lowest BCUT2D eigenvalue weighted by Gasteiger charge is -2.34. The second-order valence-corrected chi connectivity index (χ2v) is 4.76. The predicted octanol–water partition coefficient (Wildman–Crippen LogP) is 1.74. The van der Waals surface area contributed by atoms with Crippen molar-refractivity contribution in [2.45, 2.75) is 25.3 Å². The van der Waals surface area contributed by atoms with Gasteiger partial charge in [-0.2, -0.15) is 0 Å². The van der Waals surface area contributed by atoms with Crippen molar-refractivity contribution in [2.24, 2.45) is 0 Å². The molecule has 1 aromatic heterocycles. The maximum Gasteiger partial charge on any atom is 0.264 e. The number of amides is 1. The quantitative estimate of drug-likeness (QED) is 0.832. The first-order chi connectivity index (χ1) is 7.33. The van der Waals surface area contributed by atoms with Gasteiger partial charge in [-0.25, -0.2) is 0 Å². The lowest BCUT2D eigenvalue weighted by Crippen LogP contribution is -2.45. The maximum atomic E-state index is 12.1. The van der Waals surface area contributed by atoms with Crippen LogP contribution in [0.25, 0.3) is 0 Å². The predicted molar refractivity (Wildman–Crippen MR) is 60.1 cm³/mol. The summed E-state index contributed by atoms with van der Waals surface area (Å²) >= 11 is 1.46. The van der Waals surface area contributed by atoms with Crippen LogP contribution in [0, 0.1) is 0 Å². The molecule has 1 aromatic rings. The molecule has 0 bridgehead atoms. The number of rotatable bonds is 2. The number of likely N-dealkylation sites (tertiary alicyclic amines) is 1. The lowest BCUT2D eigenvalue weighted by atomic mass is 10.0. The van der Waals surface area contributed by atoms with Gasteiger partial charge < -0.3 is 10.0 Å². The van der Waals surface area contributed by atoms with Gasteiger partial charge in [0.1, 0.15) is 0 Å². The normalized spacial score (nSPS) is 21.7. The molecule has 4 heteroatoms. The molecule has 1 N–H and O–H groups in total. The molecule has 0 spiro atoms. The third-order valence-electron chi connectivity index (χ3n) is 2.83. The molecule has 1 atom stereocenters. The molecule has 0 saturated carbocycles. The van der Waals surface area contributed by atoms with Gasteiger partial charge in [0, 0.05) is 6.54 Å². The van der Waals surface area contributed by atoms with E-state index in [-0.39, 0.29) is 18.6 Å². The van der Waals surface area contributed by atoms with Crippen LogP contribution in [-0.2, 0) is 0 Å². The average Bonchev–Trinajstić information content (AvgIpc) is 2.81. The Morgan fingerprint density at radius 1 is 1.60 bits per heavy atom. The van der Waals surface area contributed by atoms with E-state index >= 15 is 0 Å². The van der Waals surface area contributed by atoms with E-state index in [1.807, 2.05) is 22.4 Å². The van der Waals surface area contributed by atoms with Crippen molar-refractivity contribution in [1.82, 2.24) is 4.90 Å². The molecular formula is C11H15NO2S. The van der Waals surface area contributed by atoms with Gasteiger partial charge in [0.25, 0.3) is 5.91 Å². The van der Waals surface area contributed by atoms with Gasteiger partial charge in [0.15, 0.2) is 0 Å². The number of aliphatic hydroxyl groups is 1. The standard InChI is InChI=1S/C11H15NO2S/c13-8-9-4-1-2-6-12(9)11(14)10-5-3-7-15-10/h3,5,7,9,13H,1-2,4,6,8H2. The average molecular weight is 225 g/mol. The van der Waals surface area contributed by atoms with Crippen molar-refractivity contribution in [1.29, 1.82) is 0 Å². The van der Waals surface area contributed by atoms with Crippen molar-refractivity contribution < 1.29 is 9.90 Å². The summed E-state index contributed by atoms with van der Waals surface area (Å²) in [6.07, 6.45) is 3.08. The molecule has 2 heterocycles. The van der Waals surface area contributed by atoms with E-state index in [2.05, 4.69) is 0 Å². The smallest absolute Gasteiger partial charge is 0.264 e. The van der Waals surface area contributed by atoms with E-state index in [0.717, 1.165) is 30.7 Å². The molecule has 0 aromatic carbocycles. The Morgan fingerprint density at radius 3 is 3.13 bits per heavy atom. The Kier molecular flexibility index (Phi) is 3.38. The molecule has 1 amide bonds. The van der Waals surface area contributed by atoms with Crippen LogP contribution in [0.4, 0.5) is 0 Å². The highest BCUT2D eigenvalue weighted by Gasteiger charge is 2.27. The maximum absolute atomic E-state index is 12.1. The molecule has 15 heavy (non-hydrogen) atoms. The number of piperidine rings is 1. The number of aliphatic hydroxyl groups excluding tert-OH is 1. The summed E-state index contributed by atoms with van der Waals surface area (Å²) in [5, 5.41) is 11.1. The Hall–Kier alpha value is -0.870. The Bertz CT molecular complexity index is 323. The highest BCUT2D eigenvalue weighted by molar-refractivity contribution is 7.12. The second-order valence-electron chi connectivity index (χ2n) is 3.81. The minimum Gasteiger partial charge on any atom is -0.394 e. The first kappa shape index (κ1) is 10.6. The fourth-order valence-corrected chi connectivity index (χ4v) is 2.68. The van der Waals surface area contributed by atoms with Crippen molar-refractivity contribution >= 4 is 17.2 Å². The van der Waals surface area contributed by atoms with Gasteiger partial charge in [-0.3, -0.25) is 4.79 Å². The highest BCUT2D eigenvalue weighted by atomic mass is 32.1. The first-order valence-corrected chi connectivity index (χ1v) is 6.16. The van der Waals surface area contributed by atoms with Gasteiger partial charge in [0.2, 0.25) is 0 Å². The molecule has 0 radical (unpaired) electrons. The van der Waals surface area contributed by atoms with Crippen LogP contribution in [0.2, 0.25) is 0 Å². The lowest BCUT2D eigenvalue weighted by molar-refractivity contribution is 0.0508. The number of carbonyl (C=O) groups is 1. The minimum atomic E-state index is 0.0216. The molecule has 82 valence electrons. The van der Waals surface area contributed by atoms with E-state index in [1.54, 1.807) is 0 Å². The summed E-state index contributed by atoms with van der Waals surface area (Å²) in [5.41, 5.74) is 0. The van der Waals surface area contributed by atoms with Crippen LogP contribution in [0.1, 0.15) is 28.9 Å². The number of hydrogen-bond acceptors (Lipinski definition) is 3. The summed E-state index contributed by atoms with van der Waals surface area (Å²) in [6, 6.07) is 3.75. The SMILES string of the molecule is O=C(c1cccs1)N1CCCCC1CO. The second kappa shape index (κ2) is 4.77. The number of hydrogen-bond donors (Lipinski definition) is 1.